The zero-order valence-electron chi connectivity index (χ0n) is 10.9. The molecule has 1 aliphatic carbocycles. The van der Waals surface area contributed by atoms with Crippen molar-refractivity contribution in [2.45, 2.75) is 77.7 Å². The molecular formula is C14H29N. The maximum absolute atomic E-state index is 6.35. The lowest BCUT2D eigenvalue weighted by molar-refractivity contribution is 0.123. The third-order valence-corrected chi connectivity index (χ3v) is 4.43. The first-order valence-corrected chi connectivity index (χ1v) is 6.87. The highest BCUT2D eigenvalue weighted by Crippen LogP contribution is 2.40. The van der Waals surface area contributed by atoms with Crippen molar-refractivity contribution >= 4 is 0 Å². The van der Waals surface area contributed by atoms with Crippen LogP contribution in [0.3, 0.4) is 0 Å². The summed E-state index contributed by atoms with van der Waals surface area (Å²) in [5, 5.41) is 0. The van der Waals surface area contributed by atoms with E-state index < -0.39 is 0 Å². The Morgan fingerprint density at radius 3 is 2.53 bits per heavy atom. The van der Waals surface area contributed by atoms with E-state index >= 15 is 0 Å². The first-order chi connectivity index (χ1) is 7.08. The minimum absolute atomic E-state index is 0.207. The second-order valence-corrected chi connectivity index (χ2v) is 5.81. The molecule has 3 atom stereocenters. The van der Waals surface area contributed by atoms with Gasteiger partial charge in [0.05, 0.1) is 0 Å². The molecule has 0 spiro atoms. The molecule has 1 fully saturated rings. The Morgan fingerprint density at radius 1 is 1.33 bits per heavy atom. The number of nitrogens with two attached hydrogens (primary N) is 1. The topological polar surface area (TPSA) is 26.0 Å². The molecule has 1 rings (SSSR count). The first kappa shape index (κ1) is 13.0. The molecule has 0 bridgehead atoms. The molecule has 0 heterocycles. The molecule has 1 aliphatic rings. The normalized spacial score (nSPS) is 32.4. The molecule has 1 nitrogen and oxygen atoms in total. The standard InChI is InChI=1S/C14H29N/c1-4-5-6-7-12(2)8-10-14(15)11-9-13(14)3/h12-13H,4-11,15H2,1-3H3. The van der Waals surface area contributed by atoms with Crippen molar-refractivity contribution in [1.82, 2.24) is 0 Å². The minimum Gasteiger partial charge on any atom is -0.325 e. The monoisotopic (exact) mass is 211 g/mol. The van der Waals surface area contributed by atoms with Crippen molar-refractivity contribution < 1.29 is 0 Å². The van der Waals surface area contributed by atoms with E-state index in [0.29, 0.717) is 0 Å². The molecule has 0 aliphatic heterocycles. The summed E-state index contributed by atoms with van der Waals surface area (Å²) in [4.78, 5) is 0. The lowest BCUT2D eigenvalue weighted by Gasteiger charge is -2.45. The van der Waals surface area contributed by atoms with Crippen molar-refractivity contribution in [1.29, 1.82) is 0 Å². The number of hydrogen-bond donors (Lipinski definition) is 1. The van der Waals surface area contributed by atoms with Crippen LogP contribution in [0.1, 0.15) is 72.1 Å². The molecule has 0 amide bonds. The van der Waals surface area contributed by atoms with Crippen molar-refractivity contribution in [2.24, 2.45) is 17.6 Å². The van der Waals surface area contributed by atoms with Crippen LogP contribution < -0.4 is 5.73 Å². The highest BCUT2D eigenvalue weighted by atomic mass is 14.8. The van der Waals surface area contributed by atoms with Gasteiger partial charge >= 0.3 is 0 Å². The van der Waals surface area contributed by atoms with Crippen LogP contribution in [-0.2, 0) is 0 Å². The van der Waals surface area contributed by atoms with Gasteiger partial charge in [-0.2, -0.15) is 0 Å². The summed E-state index contributed by atoms with van der Waals surface area (Å²) in [6.45, 7) is 6.98. The summed E-state index contributed by atoms with van der Waals surface area (Å²) < 4.78 is 0. The number of unbranched alkanes of at least 4 members (excludes halogenated alkanes) is 2. The van der Waals surface area contributed by atoms with Gasteiger partial charge in [-0.3, -0.25) is 0 Å². The summed E-state index contributed by atoms with van der Waals surface area (Å²) >= 11 is 0. The molecule has 15 heavy (non-hydrogen) atoms. The lowest BCUT2D eigenvalue weighted by atomic mass is 9.65. The van der Waals surface area contributed by atoms with Crippen molar-refractivity contribution in [2.75, 3.05) is 0 Å². The molecule has 1 heteroatoms. The molecule has 0 aromatic heterocycles. The van der Waals surface area contributed by atoms with E-state index in [4.69, 9.17) is 5.73 Å². The highest BCUT2D eigenvalue weighted by molar-refractivity contribution is 4.98. The fourth-order valence-electron chi connectivity index (χ4n) is 2.58. The van der Waals surface area contributed by atoms with Gasteiger partial charge < -0.3 is 5.73 Å². The van der Waals surface area contributed by atoms with Crippen molar-refractivity contribution in [3.63, 3.8) is 0 Å². The summed E-state index contributed by atoms with van der Waals surface area (Å²) in [5.41, 5.74) is 6.56. The highest BCUT2D eigenvalue weighted by Gasteiger charge is 2.39. The maximum atomic E-state index is 6.35. The zero-order chi connectivity index (χ0) is 11.3. The summed E-state index contributed by atoms with van der Waals surface area (Å²) in [5.74, 6) is 1.64. The van der Waals surface area contributed by atoms with Gasteiger partial charge in [-0.05, 0) is 37.5 Å². The van der Waals surface area contributed by atoms with E-state index in [0.717, 1.165) is 11.8 Å². The summed E-state index contributed by atoms with van der Waals surface area (Å²) in [6, 6.07) is 0. The zero-order valence-corrected chi connectivity index (χ0v) is 10.9. The van der Waals surface area contributed by atoms with Gasteiger partial charge in [0, 0.05) is 5.54 Å². The smallest absolute Gasteiger partial charge is 0.0180 e. The molecule has 0 radical (unpaired) electrons. The Labute approximate surface area is 95.8 Å². The third-order valence-electron chi connectivity index (χ3n) is 4.43. The molecule has 0 aromatic rings. The Bertz CT molecular complexity index is 178. The molecule has 0 saturated heterocycles. The van der Waals surface area contributed by atoms with E-state index in [1.54, 1.807) is 0 Å². The van der Waals surface area contributed by atoms with Crippen LogP contribution >= 0.6 is 0 Å². The average Bonchev–Trinajstić information content (AvgIpc) is 2.24. The minimum atomic E-state index is 0.207. The predicted molar refractivity (Wildman–Crippen MR) is 67.9 cm³/mol. The van der Waals surface area contributed by atoms with E-state index in [1.165, 1.54) is 51.4 Å². The van der Waals surface area contributed by atoms with Crippen LogP contribution in [0.25, 0.3) is 0 Å². The largest absolute Gasteiger partial charge is 0.325 e. The second kappa shape index (κ2) is 5.89. The first-order valence-electron chi connectivity index (χ1n) is 6.87. The van der Waals surface area contributed by atoms with Gasteiger partial charge in [0.2, 0.25) is 0 Å². The van der Waals surface area contributed by atoms with Crippen LogP contribution in [-0.4, -0.2) is 5.54 Å². The molecule has 90 valence electrons. The molecular weight excluding hydrogens is 182 g/mol. The Kier molecular flexibility index (Phi) is 5.11. The van der Waals surface area contributed by atoms with E-state index in [-0.39, 0.29) is 5.54 Å². The van der Waals surface area contributed by atoms with Crippen LogP contribution in [0.15, 0.2) is 0 Å². The van der Waals surface area contributed by atoms with Gasteiger partial charge in [-0.15, -0.1) is 0 Å². The van der Waals surface area contributed by atoms with Crippen molar-refractivity contribution in [3.05, 3.63) is 0 Å². The van der Waals surface area contributed by atoms with Gasteiger partial charge in [0.25, 0.3) is 0 Å². The van der Waals surface area contributed by atoms with E-state index in [2.05, 4.69) is 20.8 Å². The fourth-order valence-corrected chi connectivity index (χ4v) is 2.58. The summed E-state index contributed by atoms with van der Waals surface area (Å²) in [6.07, 6.45) is 10.7. The maximum Gasteiger partial charge on any atom is 0.0180 e. The SMILES string of the molecule is CCCCCC(C)CCC1(N)CCC1C. The predicted octanol–water partition coefficient (Wildman–Crippen LogP) is 4.11. The molecule has 0 aromatic carbocycles. The Balaban J connectivity index is 2.08. The van der Waals surface area contributed by atoms with Crippen LogP contribution in [0.2, 0.25) is 0 Å². The summed E-state index contributed by atoms with van der Waals surface area (Å²) in [7, 11) is 0. The van der Waals surface area contributed by atoms with Gasteiger partial charge in [-0.25, -0.2) is 0 Å². The fraction of sp³-hybridized carbons (Fsp3) is 1.00. The lowest BCUT2D eigenvalue weighted by Crippen LogP contribution is -2.53. The Hall–Kier alpha value is -0.0400. The Morgan fingerprint density at radius 2 is 2.07 bits per heavy atom. The van der Waals surface area contributed by atoms with Gasteiger partial charge in [0.1, 0.15) is 0 Å². The molecule has 2 N–H and O–H groups in total. The van der Waals surface area contributed by atoms with E-state index in [9.17, 15) is 0 Å². The van der Waals surface area contributed by atoms with Gasteiger partial charge in [0.15, 0.2) is 0 Å². The quantitative estimate of drug-likeness (QED) is 0.630. The third kappa shape index (κ3) is 3.79. The average molecular weight is 211 g/mol. The molecule has 1 saturated carbocycles. The van der Waals surface area contributed by atoms with Crippen LogP contribution in [0.5, 0.6) is 0 Å². The van der Waals surface area contributed by atoms with Crippen LogP contribution in [0.4, 0.5) is 0 Å². The second-order valence-electron chi connectivity index (χ2n) is 5.81. The van der Waals surface area contributed by atoms with Gasteiger partial charge in [-0.1, -0.05) is 46.5 Å². The number of rotatable bonds is 7. The molecule has 3 unspecified atom stereocenters. The van der Waals surface area contributed by atoms with Crippen molar-refractivity contribution in [3.8, 4) is 0 Å². The number of hydrogen-bond acceptors (Lipinski definition) is 1. The van der Waals surface area contributed by atoms with E-state index in [1.807, 2.05) is 0 Å². The van der Waals surface area contributed by atoms with Crippen LogP contribution in [0, 0.1) is 11.8 Å².